The molecule has 7 nitrogen and oxygen atoms in total. The van der Waals surface area contributed by atoms with Gasteiger partial charge in [-0.2, -0.15) is 4.98 Å². The van der Waals surface area contributed by atoms with Crippen LogP contribution in [0, 0.1) is 12.7 Å². The lowest BCUT2D eigenvalue weighted by Crippen LogP contribution is -2.47. The van der Waals surface area contributed by atoms with Crippen molar-refractivity contribution >= 4 is 23.4 Å². The molecular formula is C27H31FN6O. The summed E-state index contributed by atoms with van der Waals surface area (Å²) < 4.78 is 14.2. The predicted molar refractivity (Wildman–Crippen MR) is 137 cm³/mol. The van der Waals surface area contributed by atoms with Gasteiger partial charge in [-0.15, -0.1) is 0 Å². The molecule has 0 atom stereocenters. The lowest BCUT2D eigenvalue weighted by molar-refractivity contribution is 0.0729. The van der Waals surface area contributed by atoms with E-state index in [4.69, 9.17) is 9.97 Å². The topological polar surface area (TPSA) is 55.8 Å². The van der Waals surface area contributed by atoms with E-state index in [2.05, 4.69) is 41.0 Å². The maximum absolute atomic E-state index is 14.2. The Hall–Kier alpha value is -3.68. The molecule has 5 rings (SSSR count). The van der Waals surface area contributed by atoms with Gasteiger partial charge >= 0.3 is 0 Å². The molecule has 0 unspecified atom stereocenters. The molecule has 2 aliphatic rings. The summed E-state index contributed by atoms with van der Waals surface area (Å²) in [7, 11) is 3.92. The number of fused-ring (bicyclic) bond motifs is 1. The van der Waals surface area contributed by atoms with E-state index in [9.17, 15) is 9.18 Å². The lowest BCUT2D eigenvalue weighted by atomic mass is 10.0. The summed E-state index contributed by atoms with van der Waals surface area (Å²) in [6, 6.07) is 14.8. The predicted octanol–water partition coefficient (Wildman–Crippen LogP) is 3.52. The first kappa shape index (κ1) is 23.1. The van der Waals surface area contributed by atoms with Crippen molar-refractivity contribution in [1.82, 2.24) is 14.9 Å². The Kier molecular flexibility index (Phi) is 6.28. The van der Waals surface area contributed by atoms with Gasteiger partial charge in [0.1, 0.15) is 11.6 Å². The van der Waals surface area contributed by atoms with Gasteiger partial charge in [0.05, 0.1) is 17.8 Å². The van der Waals surface area contributed by atoms with Gasteiger partial charge in [-0.25, -0.2) is 9.37 Å². The van der Waals surface area contributed by atoms with Crippen LogP contribution in [0.15, 0.2) is 48.5 Å². The van der Waals surface area contributed by atoms with E-state index in [1.807, 2.05) is 19.0 Å². The molecule has 2 aromatic carbocycles. The van der Waals surface area contributed by atoms with Crippen LogP contribution in [0.1, 0.15) is 27.2 Å². The minimum atomic E-state index is -0.493. The van der Waals surface area contributed by atoms with Gasteiger partial charge in [-0.1, -0.05) is 29.8 Å². The first-order valence-electron chi connectivity index (χ1n) is 12.1. The zero-order chi connectivity index (χ0) is 24.5. The Balaban J connectivity index is 1.34. The molecule has 35 heavy (non-hydrogen) atoms. The highest BCUT2D eigenvalue weighted by Gasteiger charge is 2.29. The molecule has 1 fully saturated rings. The quantitative estimate of drug-likeness (QED) is 0.577. The van der Waals surface area contributed by atoms with Crippen molar-refractivity contribution in [3.63, 3.8) is 0 Å². The number of nitrogens with zero attached hydrogens (tertiary/aromatic N) is 6. The minimum Gasteiger partial charge on any atom is -0.368 e. The van der Waals surface area contributed by atoms with Gasteiger partial charge in [0.2, 0.25) is 5.95 Å². The summed E-state index contributed by atoms with van der Waals surface area (Å²) in [5.41, 5.74) is 4.52. The number of hydrogen-bond donors (Lipinski definition) is 0. The highest BCUT2D eigenvalue weighted by Crippen LogP contribution is 2.30. The summed E-state index contributed by atoms with van der Waals surface area (Å²) in [6.45, 7) is 6.49. The number of rotatable bonds is 4. The summed E-state index contributed by atoms with van der Waals surface area (Å²) in [6.07, 6.45) is 0.620. The van der Waals surface area contributed by atoms with Crippen molar-refractivity contribution in [3.05, 3.63) is 76.7 Å². The minimum absolute atomic E-state index is 0.103. The standard InChI is InChI=1S/C27H31FN6O/c1-19-8-10-20(11-9-19)32-14-16-33(17-15-32)27-29-24-12-13-34(18-22(24)25(30-27)31(2)3)26(35)21-6-4-5-7-23(21)28/h4-11H,12-18H2,1-3H3. The molecular weight excluding hydrogens is 443 g/mol. The molecule has 1 amide bonds. The van der Waals surface area contributed by atoms with E-state index < -0.39 is 5.82 Å². The number of benzene rings is 2. The molecule has 2 aliphatic heterocycles. The van der Waals surface area contributed by atoms with Crippen LogP contribution < -0.4 is 14.7 Å². The number of carbonyl (C=O) groups is 1. The molecule has 1 saturated heterocycles. The Labute approximate surface area is 205 Å². The number of aryl methyl sites for hydroxylation is 1. The van der Waals surface area contributed by atoms with Crippen molar-refractivity contribution in [2.24, 2.45) is 0 Å². The van der Waals surface area contributed by atoms with Crippen LogP contribution in [-0.4, -0.2) is 67.6 Å². The zero-order valence-corrected chi connectivity index (χ0v) is 20.5. The third-order valence-electron chi connectivity index (χ3n) is 6.80. The number of aromatic nitrogens is 2. The number of anilines is 3. The molecule has 3 heterocycles. The van der Waals surface area contributed by atoms with Crippen LogP contribution >= 0.6 is 0 Å². The van der Waals surface area contributed by atoms with Crippen molar-refractivity contribution in [1.29, 1.82) is 0 Å². The average Bonchev–Trinajstić information content (AvgIpc) is 2.88. The van der Waals surface area contributed by atoms with E-state index in [1.165, 1.54) is 23.4 Å². The molecule has 0 spiro atoms. The number of amides is 1. The maximum atomic E-state index is 14.2. The van der Waals surface area contributed by atoms with Gasteiger partial charge in [0, 0.05) is 64.5 Å². The third kappa shape index (κ3) is 4.65. The largest absolute Gasteiger partial charge is 0.368 e. The van der Waals surface area contributed by atoms with Crippen LogP contribution in [0.5, 0.6) is 0 Å². The van der Waals surface area contributed by atoms with Gasteiger partial charge in [-0.3, -0.25) is 4.79 Å². The summed E-state index contributed by atoms with van der Waals surface area (Å²) in [5.74, 6) is 0.768. The highest BCUT2D eigenvalue weighted by molar-refractivity contribution is 5.94. The molecule has 0 bridgehead atoms. The fourth-order valence-electron chi connectivity index (χ4n) is 4.79. The van der Waals surface area contributed by atoms with Crippen LogP contribution in [-0.2, 0) is 13.0 Å². The molecule has 0 aliphatic carbocycles. The lowest BCUT2D eigenvalue weighted by Gasteiger charge is -2.37. The fourth-order valence-corrected chi connectivity index (χ4v) is 4.79. The first-order valence-corrected chi connectivity index (χ1v) is 12.1. The SMILES string of the molecule is Cc1ccc(N2CCN(c3nc4c(c(N(C)C)n3)CN(C(=O)c3ccccc3F)CC4)CC2)cc1. The van der Waals surface area contributed by atoms with E-state index in [1.54, 1.807) is 17.0 Å². The number of hydrogen-bond acceptors (Lipinski definition) is 6. The van der Waals surface area contributed by atoms with Crippen molar-refractivity contribution in [3.8, 4) is 0 Å². The Morgan fingerprint density at radius 1 is 0.914 bits per heavy atom. The van der Waals surface area contributed by atoms with Crippen molar-refractivity contribution < 1.29 is 9.18 Å². The Morgan fingerprint density at radius 2 is 1.60 bits per heavy atom. The van der Waals surface area contributed by atoms with Gasteiger partial charge in [-0.05, 0) is 31.2 Å². The van der Waals surface area contributed by atoms with Crippen LogP contribution in [0.2, 0.25) is 0 Å². The van der Waals surface area contributed by atoms with Crippen LogP contribution in [0.4, 0.5) is 21.8 Å². The van der Waals surface area contributed by atoms with Gasteiger partial charge in [0.15, 0.2) is 0 Å². The molecule has 0 N–H and O–H groups in total. The van der Waals surface area contributed by atoms with Gasteiger partial charge < -0.3 is 19.6 Å². The highest BCUT2D eigenvalue weighted by atomic mass is 19.1. The molecule has 8 heteroatoms. The number of halogens is 1. The maximum Gasteiger partial charge on any atom is 0.257 e. The second kappa shape index (κ2) is 9.52. The Morgan fingerprint density at radius 3 is 2.29 bits per heavy atom. The van der Waals surface area contributed by atoms with Crippen molar-refractivity contribution in [2.45, 2.75) is 19.9 Å². The molecule has 0 saturated carbocycles. The van der Waals surface area contributed by atoms with Gasteiger partial charge in [0.25, 0.3) is 5.91 Å². The zero-order valence-electron chi connectivity index (χ0n) is 20.5. The molecule has 0 radical (unpaired) electrons. The summed E-state index contributed by atoms with van der Waals surface area (Å²) in [5, 5.41) is 0. The normalized spacial score (nSPS) is 15.7. The smallest absolute Gasteiger partial charge is 0.257 e. The van der Waals surface area contributed by atoms with Crippen LogP contribution in [0.3, 0.4) is 0 Å². The fraction of sp³-hybridized carbons (Fsp3) is 0.370. The third-order valence-corrected chi connectivity index (χ3v) is 6.80. The number of carbonyl (C=O) groups excluding carboxylic acids is 1. The monoisotopic (exact) mass is 474 g/mol. The summed E-state index contributed by atoms with van der Waals surface area (Å²) in [4.78, 5) is 31.2. The molecule has 3 aromatic rings. The Bertz CT molecular complexity index is 1220. The molecule has 1 aromatic heterocycles. The second-order valence-electron chi connectivity index (χ2n) is 9.43. The molecule has 182 valence electrons. The average molecular weight is 475 g/mol. The van der Waals surface area contributed by atoms with E-state index in [0.717, 1.165) is 49.2 Å². The van der Waals surface area contributed by atoms with E-state index in [-0.39, 0.29) is 11.5 Å². The second-order valence-corrected chi connectivity index (χ2v) is 9.43. The van der Waals surface area contributed by atoms with Crippen molar-refractivity contribution in [2.75, 3.05) is 61.5 Å². The summed E-state index contributed by atoms with van der Waals surface area (Å²) >= 11 is 0. The van der Waals surface area contributed by atoms with Crippen LogP contribution in [0.25, 0.3) is 0 Å². The first-order chi connectivity index (χ1) is 16.9. The van der Waals surface area contributed by atoms with E-state index >= 15 is 0 Å². The number of piperazine rings is 1. The van der Waals surface area contributed by atoms with E-state index in [0.29, 0.717) is 19.5 Å².